The zero-order chi connectivity index (χ0) is 17.6. The molecule has 1 aromatic rings. The number of hydrogen-bond acceptors (Lipinski definition) is 7. The van der Waals surface area contributed by atoms with Crippen molar-refractivity contribution in [3.05, 3.63) is 34.4 Å². The maximum atomic E-state index is 12.4. The van der Waals surface area contributed by atoms with E-state index in [1.54, 1.807) is 6.07 Å². The fraction of sp³-hybridized carbons (Fsp3) is 0.250. The van der Waals surface area contributed by atoms with Crippen molar-refractivity contribution in [3.63, 3.8) is 0 Å². The second kappa shape index (κ2) is 7.32. The third-order valence-corrected chi connectivity index (χ3v) is 4.49. The number of rotatable bonds is 7. The van der Waals surface area contributed by atoms with Gasteiger partial charge in [-0.05, 0) is 12.1 Å². The van der Waals surface area contributed by atoms with Gasteiger partial charge in [0.2, 0.25) is 11.8 Å². The van der Waals surface area contributed by atoms with Crippen molar-refractivity contribution in [2.24, 2.45) is 5.73 Å². The lowest BCUT2D eigenvalue weighted by Gasteiger charge is -2.19. The summed E-state index contributed by atoms with van der Waals surface area (Å²) in [4.78, 5) is 32.1. The molecule has 1 rings (SSSR count). The lowest BCUT2D eigenvalue weighted by Crippen LogP contribution is -2.37. The molecule has 0 spiro atoms. The highest BCUT2D eigenvalue weighted by Gasteiger charge is 2.29. The first-order valence-electron chi connectivity index (χ1n) is 6.15. The number of carbonyl (C=O) groups is 2. The summed E-state index contributed by atoms with van der Waals surface area (Å²) in [6, 6.07) is 5.39. The second-order valence-corrected chi connectivity index (χ2v) is 6.14. The molecule has 11 heteroatoms. The van der Waals surface area contributed by atoms with E-state index in [2.05, 4.69) is 0 Å². The SMILES string of the molecule is N#CCN(C(=O)CCC(N)=O)S(=O)(=O)c1ccc([N+](=O)[O-])cc1. The first-order chi connectivity index (χ1) is 10.7. The Labute approximate surface area is 131 Å². The van der Waals surface area contributed by atoms with Crippen LogP contribution in [0.15, 0.2) is 29.2 Å². The number of nitrogens with zero attached hydrogens (tertiary/aromatic N) is 3. The summed E-state index contributed by atoms with van der Waals surface area (Å²) in [5.41, 5.74) is 4.57. The molecular formula is C12H12N4O6S. The van der Waals surface area contributed by atoms with Crippen LogP contribution in [-0.2, 0) is 19.6 Å². The van der Waals surface area contributed by atoms with Gasteiger partial charge in [-0.3, -0.25) is 19.7 Å². The minimum absolute atomic E-state index is 0.303. The van der Waals surface area contributed by atoms with Gasteiger partial charge >= 0.3 is 0 Å². The summed E-state index contributed by atoms with van der Waals surface area (Å²) in [5.74, 6) is -1.76. The normalized spacial score (nSPS) is 10.6. The van der Waals surface area contributed by atoms with E-state index >= 15 is 0 Å². The highest BCUT2D eigenvalue weighted by atomic mass is 32.2. The van der Waals surface area contributed by atoms with E-state index < -0.39 is 39.7 Å². The monoisotopic (exact) mass is 340 g/mol. The van der Waals surface area contributed by atoms with Gasteiger partial charge in [0.05, 0.1) is 15.9 Å². The van der Waals surface area contributed by atoms with E-state index in [-0.39, 0.29) is 17.0 Å². The zero-order valence-electron chi connectivity index (χ0n) is 11.7. The Hall–Kier alpha value is -3.00. The molecule has 0 atom stereocenters. The summed E-state index contributed by atoms with van der Waals surface area (Å²) in [7, 11) is -4.37. The van der Waals surface area contributed by atoms with Crippen molar-refractivity contribution in [1.29, 1.82) is 5.26 Å². The third-order valence-electron chi connectivity index (χ3n) is 2.71. The quantitative estimate of drug-likeness (QED) is 0.411. The Kier molecular flexibility index (Phi) is 5.74. The van der Waals surface area contributed by atoms with E-state index in [1.165, 1.54) is 0 Å². The predicted octanol–water partition coefficient (Wildman–Crippen LogP) is -0.0988. The van der Waals surface area contributed by atoms with E-state index in [0.29, 0.717) is 4.31 Å². The van der Waals surface area contributed by atoms with Gasteiger partial charge in [-0.1, -0.05) is 0 Å². The van der Waals surface area contributed by atoms with Gasteiger partial charge in [0, 0.05) is 25.0 Å². The number of nitrogens with two attached hydrogens (primary N) is 1. The molecular weight excluding hydrogens is 328 g/mol. The molecule has 0 radical (unpaired) electrons. The van der Waals surface area contributed by atoms with Crippen LogP contribution < -0.4 is 5.73 Å². The van der Waals surface area contributed by atoms with Crippen LogP contribution >= 0.6 is 0 Å². The van der Waals surface area contributed by atoms with E-state index in [9.17, 15) is 28.1 Å². The maximum Gasteiger partial charge on any atom is 0.269 e. The fourth-order valence-electron chi connectivity index (χ4n) is 1.59. The third kappa shape index (κ3) is 4.48. The number of sulfonamides is 1. The number of non-ortho nitro benzene ring substituents is 1. The van der Waals surface area contributed by atoms with Crippen LogP contribution in [0.4, 0.5) is 5.69 Å². The van der Waals surface area contributed by atoms with Crippen LogP contribution in [0.5, 0.6) is 0 Å². The van der Waals surface area contributed by atoms with E-state index in [1.807, 2.05) is 0 Å². The summed E-state index contributed by atoms with van der Waals surface area (Å²) in [6.45, 7) is -0.753. The highest BCUT2D eigenvalue weighted by Crippen LogP contribution is 2.20. The Morgan fingerprint density at radius 3 is 2.26 bits per heavy atom. The number of hydrogen-bond donors (Lipinski definition) is 1. The van der Waals surface area contributed by atoms with Crippen LogP contribution in [0.3, 0.4) is 0 Å². The zero-order valence-corrected chi connectivity index (χ0v) is 12.5. The van der Waals surface area contributed by atoms with Crippen molar-refractivity contribution in [1.82, 2.24) is 4.31 Å². The summed E-state index contributed by atoms with van der Waals surface area (Å²) >= 11 is 0. The molecule has 0 bridgehead atoms. The Balaban J connectivity index is 3.13. The molecule has 0 saturated heterocycles. The van der Waals surface area contributed by atoms with E-state index in [4.69, 9.17) is 11.0 Å². The van der Waals surface area contributed by atoms with Crippen molar-refractivity contribution in [3.8, 4) is 6.07 Å². The van der Waals surface area contributed by atoms with Crippen LogP contribution in [0.1, 0.15) is 12.8 Å². The van der Waals surface area contributed by atoms with Gasteiger partial charge in [-0.15, -0.1) is 0 Å². The molecule has 0 aliphatic rings. The van der Waals surface area contributed by atoms with Crippen molar-refractivity contribution >= 4 is 27.5 Å². The molecule has 0 heterocycles. The maximum absolute atomic E-state index is 12.4. The van der Waals surface area contributed by atoms with Gasteiger partial charge in [-0.2, -0.15) is 5.26 Å². The molecule has 0 aliphatic carbocycles. The number of primary amides is 1. The number of benzene rings is 1. The smallest absolute Gasteiger partial charge is 0.269 e. The van der Waals surface area contributed by atoms with Crippen molar-refractivity contribution < 1.29 is 22.9 Å². The lowest BCUT2D eigenvalue weighted by molar-refractivity contribution is -0.384. The Morgan fingerprint density at radius 1 is 1.26 bits per heavy atom. The summed E-state index contributed by atoms with van der Waals surface area (Å²) in [6.07, 6.45) is -0.834. The molecule has 2 N–H and O–H groups in total. The van der Waals surface area contributed by atoms with Gasteiger partial charge in [0.15, 0.2) is 0 Å². The molecule has 10 nitrogen and oxygen atoms in total. The van der Waals surface area contributed by atoms with E-state index in [0.717, 1.165) is 24.3 Å². The second-order valence-electron chi connectivity index (χ2n) is 4.28. The van der Waals surface area contributed by atoms with Gasteiger partial charge in [-0.25, -0.2) is 12.7 Å². The molecule has 2 amide bonds. The molecule has 0 fully saturated rings. The van der Waals surface area contributed by atoms with Gasteiger partial charge < -0.3 is 5.73 Å². The van der Waals surface area contributed by atoms with Crippen molar-refractivity contribution in [2.45, 2.75) is 17.7 Å². The minimum Gasteiger partial charge on any atom is -0.370 e. The molecule has 23 heavy (non-hydrogen) atoms. The molecule has 0 unspecified atom stereocenters. The van der Waals surface area contributed by atoms with Crippen LogP contribution in [-0.4, -0.2) is 36.0 Å². The standard InChI is InChI=1S/C12H12N4O6S/c13-7-8-15(12(18)6-5-11(14)17)23(21,22)10-3-1-9(2-4-10)16(19)20/h1-4H,5-6,8H2,(H2,14,17). The molecule has 122 valence electrons. The lowest BCUT2D eigenvalue weighted by atomic mass is 10.3. The largest absolute Gasteiger partial charge is 0.370 e. The fourth-order valence-corrected chi connectivity index (χ4v) is 2.91. The number of nitro groups is 1. The number of nitriles is 1. The minimum atomic E-state index is -4.37. The van der Waals surface area contributed by atoms with Crippen LogP contribution in [0.25, 0.3) is 0 Å². The Bertz CT molecular complexity index is 766. The number of amides is 2. The predicted molar refractivity (Wildman–Crippen MR) is 76.0 cm³/mol. The van der Waals surface area contributed by atoms with Crippen molar-refractivity contribution in [2.75, 3.05) is 6.54 Å². The van der Waals surface area contributed by atoms with Crippen LogP contribution in [0.2, 0.25) is 0 Å². The highest BCUT2D eigenvalue weighted by molar-refractivity contribution is 7.89. The van der Waals surface area contributed by atoms with Gasteiger partial charge in [0.25, 0.3) is 15.7 Å². The molecule has 0 saturated carbocycles. The molecule has 0 aliphatic heterocycles. The first-order valence-corrected chi connectivity index (χ1v) is 7.59. The molecule has 0 aromatic heterocycles. The first kappa shape index (κ1) is 18.1. The average Bonchev–Trinajstić information content (AvgIpc) is 2.50. The average molecular weight is 340 g/mol. The molecule has 1 aromatic carbocycles. The van der Waals surface area contributed by atoms with Gasteiger partial charge in [0.1, 0.15) is 6.54 Å². The summed E-state index contributed by atoms with van der Waals surface area (Å²) < 4.78 is 25.0. The Morgan fingerprint density at radius 2 is 1.83 bits per heavy atom. The topological polar surface area (TPSA) is 164 Å². The van der Waals surface area contributed by atoms with Crippen LogP contribution in [0, 0.1) is 21.4 Å². The summed E-state index contributed by atoms with van der Waals surface area (Å²) in [5, 5.41) is 19.3. The number of carbonyl (C=O) groups excluding carboxylic acids is 2. The number of nitro benzene ring substituents is 1.